The first-order chi connectivity index (χ1) is 8.97. The van der Waals surface area contributed by atoms with Crippen molar-refractivity contribution in [2.75, 3.05) is 31.6 Å². The first-order valence-electron chi connectivity index (χ1n) is 7.19. The molecule has 0 saturated carbocycles. The Hall–Kier alpha value is -0.650. The lowest BCUT2D eigenvalue weighted by atomic mass is 9.99. The van der Waals surface area contributed by atoms with Crippen LogP contribution in [0.4, 0.5) is 5.13 Å². The molecule has 3 rings (SSSR count). The summed E-state index contributed by atoms with van der Waals surface area (Å²) in [4.78, 5) is 11.1. The Balaban J connectivity index is 1.83. The summed E-state index contributed by atoms with van der Waals surface area (Å²) in [6.45, 7) is 7.83. The molecule has 0 radical (unpaired) electrons. The van der Waals surface area contributed by atoms with Crippen LogP contribution in [0.3, 0.4) is 0 Å². The van der Waals surface area contributed by atoms with Gasteiger partial charge >= 0.3 is 0 Å². The van der Waals surface area contributed by atoms with Crippen molar-refractivity contribution >= 4 is 16.5 Å². The van der Waals surface area contributed by atoms with Crippen molar-refractivity contribution in [3.63, 3.8) is 0 Å². The van der Waals surface area contributed by atoms with Crippen molar-refractivity contribution in [3.05, 3.63) is 10.6 Å². The highest BCUT2D eigenvalue weighted by Gasteiger charge is 2.33. The normalized spacial score (nSPS) is 27.4. The van der Waals surface area contributed by atoms with E-state index >= 15 is 0 Å². The zero-order valence-electron chi connectivity index (χ0n) is 12.1. The van der Waals surface area contributed by atoms with Gasteiger partial charge in [0, 0.05) is 36.1 Å². The van der Waals surface area contributed by atoms with Gasteiger partial charge in [-0.1, -0.05) is 11.3 Å². The molecule has 0 spiro atoms. The molecular formula is C14H24N4S. The van der Waals surface area contributed by atoms with Crippen LogP contribution in [0.5, 0.6) is 0 Å². The number of anilines is 1. The van der Waals surface area contributed by atoms with Gasteiger partial charge in [0.2, 0.25) is 0 Å². The number of hydrogen-bond acceptors (Lipinski definition) is 5. The lowest BCUT2D eigenvalue weighted by Crippen LogP contribution is -2.57. The minimum Gasteiger partial charge on any atom is -0.345 e. The number of thiazole rings is 1. The summed E-state index contributed by atoms with van der Waals surface area (Å²) in [6.07, 6.45) is 3.41. The van der Waals surface area contributed by atoms with E-state index in [0.29, 0.717) is 0 Å². The molecule has 1 aromatic rings. The van der Waals surface area contributed by atoms with Crippen molar-refractivity contribution in [2.24, 2.45) is 5.73 Å². The van der Waals surface area contributed by atoms with Crippen LogP contribution in [0.25, 0.3) is 0 Å². The van der Waals surface area contributed by atoms with Crippen LogP contribution >= 0.6 is 11.3 Å². The van der Waals surface area contributed by atoms with E-state index in [1.165, 1.54) is 22.1 Å². The molecule has 2 heterocycles. The Morgan fingerprint density at radius 3 is 2.84 bits per heavy atom. The summed E-state index contributed by atoms with van der Waals surface area (Å²) in [5.74, 6) is 0. The van der Waals surface area contributed by atoms with E-state index in [0.717, 1.165) is 32.5 Å². The first kappa shape index (κ1) is 13.3. The highest BCUT2D eigenvalue weighted by molar-refractivity contribution is 7.15. The third kappa shape index (κ3) is 2.39. The summed E-state index contributed by atoms with van der Waals surface area (Å²) in [5, 5.41) is 1.18. The predicted octanol–water partition coefficient (Wildman–Crippen LogP) is 2.01. The fourth-order valence-corrected chi connectivity index (χ4v) is 4.15. The van der Waals surface area contributed by atoms with Crippen LogP contribution in [-0.2, 0) is 6.42 Å². The van der Waals surface area contributed by atoms with Gasteiger partial charge in [0.05, 0.1) is 5.69 Å². The molecule has 1 saturated heterocycles. The number of piperazine rings is 1. The zero-order valence-corrected chi connectivity index (χ0v) is 13.0. The average molecular weight is 280 g/mol. The molecule has 19 heavy (non-hydrogen) atoms. The van der Waals surface area contributed by atoms with Crippen molar-refractivity contribution in [1.29, 1.82) is 0 Å². The summed E-state index contributed by atoms with van der Waals surface area (Å²) in [5.41, 5.74) is 7.68. The number of aromatic nitrogens is 1. The summed E-state index contributed by atoms with van der Waals surface area (Å²) in [6, 6.07) is 0.218. The molecule has 4 nitrogen and oxygen atoms in total. The molecule has 1 unspecified atom stereocenters. The predicted molar refractivity (Wildman–Crippen MR) is 80.9 cm³/mol. The summed E-state index contributed by atoms with van der Waals surface area (Å²) < 4.78 is 0. The van der Waals surface area contributed by atoms with Gasteiger partial charge in [0.25, 0.3) is 0 Å². The highest BCUT2D eigenvalue weighted by Crippen LogP contribution is 2.37. The molecule has 1 aromatic heterocycles. The number of nitrogens with zero attached hydrogens (tertiary/aromatic N) is 3. The second-order valence-electron chi connectivity index (χ2n) is 6.46. The van der Waals surface area contributed by atoms with Crippen LogP contribution in [-0.4, -0.2) is 42.1 Å². The fraction of sp³-hybridized carbons (Fsp3) is 0.786. The number of likely N-dealkylation sites (N-methyl/N-ethyl adjacent to an activating group) is 1. The number of fused-ring (bicyclic) bond motifs is 1. The smallest absolute Gasteiger partial charge is 0.185 e. The zero-order chi connectivity index (χ0) is 13.6. The molecule has 0 bridgehead atoms. The van der Waals surface area contributed by atoms with Crippen LogP contribution in [0.2, 0.25) is 0 Å². The third-order valence-corrected chi connectivity index (χ3v) is 5.86. The van der Waals surface area contributed by atoms with Crippen LogP contribution in [0, 0.1) is 0 Å². The van der Waals surface area contributed by atoms with E-state index in [1.807, 2.05) is 11.3 Å². The quantitative estimate of drug-likeness (QED) is 0.855. The van der Waals surface area contributed by atoms with E-state index in [1.54, 1.807) is 0 Å². The molecular weight excluding hydrogens is 256 g/mol. The molecule has 2 aliphatic rings. The van der Waals surface area contributed by atoms with Gasteiger partial charge in [-0.15, -0.1) is 0 Å². The Labute approximate surface area is 119 Å². The van der Waals surface area contributed by atoms with Crippen molar-refractivity contribution in [3.8, 4) is 0 Å². The first-order valence-corrected chi connectivity index (χ1v) is 8.00. The highest BCUT2D eigenvalue weighted by atomic mass is 32.1. The molecule has 1 aliphatic heterocycles. The Bertz CT molecular complexity index is 468. The Kier molecular flexibility index (Phi) is 3.31. The van der Waals surface area contributed by atoms with Gasteiger partial charge in [-0.25, -0.2) is 4.98 Å². The van der Waals surface area contributed by atoms with E-state index < -0.39 is 0 Å². The fourth-order valence-electron chi connectivity index (χ4n) is 2.98. The lowest BCUT2D eigenvalue weighted by molar-refractivity contribution is 0.139. The van der Waals surface area contributed by atoms with Gasteiger partial charge < -0.3 is 10.6 Å². The van der Waals surface area contributed by atoms with E-state index in [-0.39, 0.29) is 11.6 Å². The molecule has 1 atom stereocenters. The van der Waals surface area contributed by atoms with Gasteiger partial charge in [-0.05, 0) is 40.2 Å². The SMILES string of the molecule is CN1CCN(c2nc3c(s2)C(N)CCC3)CC1(C)C. The Morgan fingerprint density at radius 1 is 1.37 bits per heavy atom. The van der Waals surface area contributed by atoms with E-state index in [9.17, 15) is 0 Å². The van der Waals surface area contributed by atoms with Gasteiger partial charge in [-0.3, -0.25) is 4.90 Å². The van der Waals surface area contributed by atoms with Crippen molar-refractivity contribution in [1.82, 2.24) is 9.88 Å². The van der Waals surface area contributed by atoms with Crippen LogP contribution in [0.1, 0.15) is 43.3 Å². The molecule has 1 fully saturated rings. The number of hydrogen-bond donors (Lipinski definition) is 1. The molecule has 5 heteroatoms. The molecule has 2 N–H and O–H groups in total. The lowest BCUT2D eigenvalue weighted by Gasteiger charge is -2.45. The second-order valence-corrected chi connectivity index (χ2v) is 7.47. The Morgan fingerprint density at radius 2 is 2.16 bits per heavy atom. The summed E-state index contributed by atoms with van der Waals surface area (Å²) >= 11 is 1.82. The minimum atomic E-state index is 0.215. The molecule has 0 amide bonds. The maximum atomic E-state index is 6.21. The van der Waals surface area contributed by atoms with Crippen LogP contribution in [0.15, 0.2) is 0 Å². The van der Waals surface area contributed by atoms with Crippen LogP contribution < -0.4 is 10.6 Å². The van der Waals surface area contributed by atoms with Gasteiger partial charge in [-0.2, -0.15) is 0 Å². The monoisotopic (exact) mass is 280 g/mol. The van der Waals surface area contributed by atoms with Gasteiger partial charge in [0.1, 0.15) is 0 Å². The second kappa shape index (κ2) is 4.72. The standard InChI is InChI=1S/C14H24N4S/c1-14(2)9-18(8-7-17(14)3)13-16-11-6-4-5-10(15)12(11)19-13/h10H,4-9,15H2,1-3H3. The molecule has 1 aliphatic carbocycles. The van der Waals surface area contributed by atoms with Crippen molar-refractivity contribution < 1.29 is 0 Å². The maximum Gasteiger partial charge on any atom is 0.185 e. The number of aryl methyl sites for hydroxylation is 1. The summed E-state index contributed by atoms with van der Waals surface area (Å²) in [7, 11) is 2.21. The van der Waals surface area contributed by atoms with E-state index in [4.69, 9.17) is 10.7 Å². The topological polar surface area (TPSA) is 45.4 Å². The maximum absolute atomic E-state index is 6.21. The number of nitrogens with two attached hydrogens (primary N) is 1. The minimum absolute atomic E-state index is 0.215. The van der Waals surface area contributed by atoms with Crippen molar-refractivity contribution in [2.45, 2.75) is 44.7 Å². The third-order valence-electron chi connectivity index (χ3n) is 4.57. The van der Waals surface area contributed by atoms with E-state index in [2.05, 4.69) is 30.7 Å². The molecule has 106 valence electrons. The average Bonchev–Trinajstić information content (AvgIpc) is 2.78. The van der Waals surface area contributed by atoms with Gasteiger partial charge in [0.15, 0.2) is 5.13 Å². The number of rotatable bonds is 1. The largest absolute Gasteiger partial charge is 0.345 e. The molecule has 0 aromatic carbocycles.